The third kappa shape index (κ3) is 8.58. The topological polar surface area (TPSA) is 87.7 Å². The second-order valence-corrected chi connectivity index (χ2v) is 12.3. The Morgan fingerprint density at radius 3 is 2.12 bits per heavy atom. The van der Waals surface area contributed by atoms with Crippen molar-refractivity contribution in [2.75, 3.05) is 5.32 Å². The molecule has 42 heavy (non-hydrogen) atoms. The molecule has 0 aromatic heterocycles. The lowest BCUT2D eigenvalue weighted by atomic mass is 9.96. The van der Waals surface area contributed by atoms with E-state index in [0.717, 1.165) is 22.3 Å². The summed E-state index contributed by atoms with van der Waals surface area (Å²) in [6.07, 6.45) is -0.494. The maximum absolute atomic E-state index is 14.5. The largest absolute Gasteiger partial charge is 0.444 e. The van der Waals surface area contributed by atoms with Crippen molar-refractivity contribution in [2.24, 2.45) is 0 Å². The lowest BCUT2D eigenvalue weighted by Crippen LogP contribution is -2.55. The Morgan fingerprint density at radius 1 is 0.881 bits per heavy atom. The van der Waals surface area contributed by atoms with Gasteiger partial charge in [0, 0.05) is 12.5 Å². The first-order valence-corrected chi connectivity index (χ1v) is 14.5. The van der Waals surface area contributed by atoms with E-state index in [1.165, 1.54) is 4.90 Å². The van der Waals surface area contributed by atoms with Crippen LogP contribution in [-0.2, 0) is 20.7 Å². The van der Waals surface area contributed by atoms with E-state index in [1.54, 1.807) is 26.8 Å². The van der Waals surface area contributed by atoms with Crippen molar-refractivity contribution in [2.45, 2.75) is 85.5 Å². The third-order valence-corrected chi connectivity index (χ3v) is 7.24. The molecule has 7 nitrogen and oxygen atoms in total. The van der Waals surface area contributed by atoms with E-state index in [9.17, 15) is 14.4 Å². The maximum atomic E-state index is 14.5. The van der Waals surface area contributed by atoms with E-state index in [-0.39, 0.29) is 6.42 Å². The quantitative estimate of drug-likeness (QED) is 0.273. The summed E-state index contributed by atoms with van der Waals surface area (Å²) in [5.41, 5.74) is 4.09. The lowest BCUT2D eigenvalue weighted by Gasteiger charge is -2.37. The first-order chi connectivity index (χ1) is 19.7. The number of amides is 3. The maximum Gasteiger partial charge on any atom is 0.408 e. The van der Waals surface area contributed by atoms with Gasteiger partial charge in [-0.3, -0.25) is 9.59 Å². The number of hydrogen-bond acceptors (Lipinski definition) is 4. The Bertz CT molecular complexity index is 1400. The number of aryl methyl sites for hydroxylation is 3. The molecule has 3 aromatic rings. The predicted octanol–water partition coefficient (Wildman–Crippen LogP) is 7.32. The Balaban J connectivity index is 2.10. The average Bonchev–Trinajstić information content (AvgIpc) is 2.89. The number of carbonyl (C=O) groups excluding carboxylic acids is 3. The SMILES string of the molecule is Cc1ccc(C(C(=O)Nc2c(C)cccc2Cl)N(C(=O)C(Cc2ccccc2)NC(=O)OC(C)(C)C)C(C)C)cc1C. The highest BCUT2D eigenvalue weighted by Gasteiger charge is 2.38. The van der Waals surface area contributed by atoms with Crippen LogP contribution in [0.25, 0.3) is 0 Å². The van der Waals surface area contributed by atoms with Gasteiger partial charge in [0.25, 0.3) is 5.91 Å². The number of nitrogens with one attached hydrogen (secondary N) is 2. The average molecular weight is 592 g/mol. The van der Waals surface area contributed by atoms with E-state index >= 15 is 0 Å². The van der Waals surface area contributed by atoms with Crippen molar-refractivity contribution < 1.29 is 19.1 Å². The number of para-hydroxylation sites is 1. The Kier molecular flexibility index (Phi) is 10.8. The molecule has 8 heteroatoms. The van der Waals surface area contributed by atoms with Crippen LogP contribution in [0.15, 0.2) is 66.7 Å². The van der Waals surface area contributed by atoms with Crippen LogP contribution < -0.4 is 10.6 Å². The molecule has 0 fully saturated rings. The highest BCUT2D eigenvalue weighted by molar-refractivity contribution is 6.34. The number of hydrogen-bond donors (Lipinski definition) is 2. The van der Waals surface area contributed by atoms with Crippen LogP contribution in [0.3, 0.4) is 0 Å². The van der Waals surface area contributed by atoms with Crippen LogP contribution in [0, 0.1) is 20.8 Å². The molecule has 2 unspecified atom stereocenters. The molecule has 2 atom stereocenters. The Morgan fingerprint density at radius 2 is 1.55 bits per heavy atom. The highest BCUT2D eigenvalue weighted by atomic mass is 35.5. The molecule has 0 spiro atoms. The van der Waals surface area contributed by atoms with Crippen molar-refractivity contribution in [1.82, 2.24) is 10.2 Å². The molecule has 0 saturated carbocycles. The van der Waals surface area contributed by atoms with Gasteiger partial charge in [-0.1, -0.05) is 72.3 Å². The Labute approximate surface area is 254 Å². The highest BCUT2D eigenvalue weighted by Crippen LogP contribution is 2.31. The summed E-state index contributed by atoms with van der Waals surface area (Å²) in [4.78, 5) is 43.1. The number of halogens is 1. The van der Waals surface area contributed by atoms with Crippen LogP contribution in [0.1, 0.15) is 68.5 Å². The van der Waals surface area contributed by atoms with E-state index in [0.29, 0.717) is 16.3 Å². The van der Waals surface area contributed by atoms with Gasteiger partial charge in [-0.05, 0) is 89.3 Å². The fourth-order valence-corrected chi connectivity index (χ4v) is 4.98. The van der Waals surface area contributed by atoms with Crippen LogP contribution in [0.4, 0.5) is 10.5 Å². The van der Waals surface area contributed by atoms with Crippen LogP contribution in [-0.4, -0.2) is 40.5 Å². The molecule has 0 saturated heterocycles. The number of anilines is 1. The summed E-state index contributed by atoms with van der Waals surface area (Å²) in [5, 5.41) is 6.17. The zero-order chi connectivity index (χ0) is 31.2. The van der Waals surface area contributed by atoms with Gasteiger partial charge in [0.05, 0.1) is 10.7 Å². The van der Waals surface area contributed by atoms with E-state index in [2.05, 4.69) is 10.6 Å². The van der Waals surface area contributed by atoms with Crippen LogP contribution in [0.5, 0.6) is 0 Å². The minimum atomic E-state index is -1.01. The molecule has 3 rings (SSSR count). The molecule has 0 aliphatic heterocycles. The second kappa shape index (κ2) is 13.9. The number of nitrogens with zero attached hydrogens (tertiary/aromatic N) is 1. The van der Waals surface area contributed by atoms with E-state index < -0.39 is 41.6 Å². The normalized spacial score (nSPS) is 12.8. The summed E-state index contributed by atoms with van der Waals surface area (Å²) in [6.45, 7) is 14.8. The monoisotopic (exact) mass is 591 g/mol. The fourth-order valence-electron chi connectivity index (χ4n) is 4.71. The standard InChI is InChI=1S/C34H42ClN3O4/c1-21(2)38(32(40)28(20-25-14-10-9-11-15-25)36-33(41)42-34(6,7)8)30(26-18-17-22(3)24(5)19-26)31(39)37-29-23(4)13-12-16-27(29)35/h9-19,21,28,30H,20H2,1-8H3,(H,36,41)(H,37,39). The number of benzene rings is 3. The van der Waals surface area contributed by atoms with E-state index in [1.807, 2.05) is 95.3 Å². The minimum absolute atomic E-state index is 0.215. The fraction of sp³-hybridized carbons (Fsp3) is 0.382. The third-order valence-electron chi connectivity index (χ3n) is 6.93. The number of ether oxygens (including phenoxy) is 1. The molecule has 0 aliphatic rings. The molecule has 3 amide bonds. The van der Waals surface area contributed by atoms with Gasteiger partial charge >= 0.3 is 6.09 Å². The summed E-state index contributed by atoms with van der Waals surface area (Å²) in [5.74, 6) is -0.818. The van der Waals surface area contributed by atoms with Crippen molar-refractivity contribution in [3.8, 4) is 0 Å². The minimum Gasteiger partial charge on any atom is -0.444 e. The van der Waals surface area contributed by atoms with Gasteiger partial charge < -0.3 is 20.3 Å². The summed E-state index contributed by atoms with van der Waals surface area (Å²) in [7, 11) is 0. The van der Waals surface area contributed by atoms with Crippen molar-refractivity contribution >= 4 is 35.2 Å². The predicted molar refractivity (Wildman–Crippen MR) is 169 cm³/mol. The summed E-state index contributed by atoms with van der Waals surface area (Å²) in [6, 6.07) is 18.1. The molecule has 3 aromatic carbocycles. The number of carbonyl (C=O) groups is 3. The van der Waals surface area contributed by atoms with Crippen molar-refractivity contribution in [1.29, 1.82) is 0 Å². The summed E-state index contributed by atoms with van der Waals surface area (Å²) >= 11 is 6.47. The van der Waals surface area contributed by atoms with Gasteiger partial charge in [-0.2, -0.15) is 0 Å². The molecule has 0 radical (unpaired) electrons. The summed E-state index contributed by atoms with van der Waals surface area (Å²) < 4.78 is 5.51. The zero-order valence-electron chi connectivity index (χ0n) is 25.7. The molecule has 0 heterocycles. The van der Waals surface area contributed by atoms with Gasteiger partial charge in [0.2, 0.25) is 5.91 Å². The molecule has 224 valence electrons. The first-order valence-electron chi connectivity index (χ1n) is 14.2. The number of rotatable bonds is 9. The van der Waals surface area contributed by atoms with Crippen molar-refractivity contribution in [3.05, 3.63) is 99.6 Å². The zero-order valence-corrected chi connectivity index (χ0v) is 26.5. The molecule has 2 N–H and O–H groups in total. The van der Waals surface area contributed by atoms with Crippen LogP contribution in [0.2, 0.25) is 5.02 Å². The Hall–Kier alpha value is -3.84. The molecular formula is C34H42ClN3O4. The molecule has 0 aliphatic carbocycles. The van der Waals surface area contributed by atoms with Gasteiger partial charge in [-0.25, -0.2) is 4.79 Å². The second-order valence-electron chi connectivity index (χ2n) is 11.9. The smallest absolute Gasteiger partial charge is 0.408 e. The lowest BCUT2D eigenvalue weighted by molar-refractivity contribution is -0.142. The van der Waals surface area contributed by atoms with Gasteiger partial charge in [-0.15, -0.1) is 0 Å². The molecule has 0 bridgehead atoms. The first kappa shape index (κ1) is 32.7. The molecular weight excluding hydrogens is 550 g/mol. The van der Waals surface area contributed by atoms with Gasteiger partial charge in [0.15, 0.2) is 0 Å². The number of alkyl carbamates (subject to hydrolysis) is 1. The van der Waals surface area contributed by atoms with Gasteiger partial charge in [0.1, 0.15) is 17.7 Å². The van der Waals surface area contributed by atoms with E-state index in [4.69, 9.17) is 16.3 Å². The van der Waals surface area contributed by atoms with Crippen molar-refractivity contribution in [3.63, 3.8) is 0 Å². The van der Waals surface area contributed by atoms with Crippen LogP contribution >= 0.6 is 11.6 Å².